The monoisotopic (exact) mass is 326 g/mol. The summed E-state index contributed by atoms with van der Waals surface area (Å²) in [6.07, 6.45) is 6.49. The molecule has 4 rings (SSSR count). The summed E-state index contributed by atoms with van der Waals surface area (Å²) in [6, 6.07) is 8.70. The van der Waals surface area contributed by atoms with Gasteiger partial charge < -0.3 is 15.7 Å². The van der Waals surface area contributed by atoms with Gasteiger partial charge in [0.05, 0.1) is 6.61 Å². The van der Waals surface area contributed by atoms with E-state index in [0.29, 0.717) is 5.69 Å². The van der Waals surface area contributed by atoms with Crippen molar-refractivity contribution in [2.75, 3.05) is 18.0 Å². The van der Waals surface area contributed by atoms with Gasteiger partial charge in [-0.1, -0.05) is 31.7 Å². The molecule has 0 radical (unpaired) electrons. The third-order valence-electron chi connectivity index (χ3n) is 5.55. The van der Waals surface area contributed by atoms with Crippen LogP contribution in [0, 0.1) is 5.41 Å². The van der Waals surface area contributed by atoms with Crippen molar-refractivity contribution >= 4 is 5.82 Å². The van der Waals surface area contributed by atoms with Gasteiger partial charge in [0.2, 0.25) is 0 Å². The standard InChI is InChI=1S/C18H22N4O.CH4/c19-16-14-4-2-1-3-13(14)11-18(16)5-9-22(10-6-18)17-15(12-23)20-7-8-21-17;/h1-4,7-8,16,23H,5-6,9-12,19H2;1H4/t16-;/m1./s1. The van der Waals surface area contributed by atoms with Crippen LogP contribution in [0.3, 0.4) is 0 Å². The molecule has 0 saturated carbocycles. The van der Waals surface area contributed by atoms with Crippen molar-refractivity contribution in [1.82, 2.24) is 9.97 Å². The largest absolute Gasteiger partial charge is 0.390 e. The molecule has 128 valence electrons. The molecule has 0 bridgehead atoms. The zero-order chi connectivity index (χ0) is 15.9. The molecule has 0 amide bonds. The summed E-state index contributed by atoms with van der Waals surface area (Å²) in [5, 5.41) is 9.47. The third-order valence-corrected chi connectivity index (χ3v) is 5.55. The lowest BCUT2D eigenvalue weighted by atomic mass is 9.73. The van der Waals surface area contributed by atoms with Crippen LogP contribution in [0.5, 0.6) is 0 Å². The highest BCUT2D eigenvalue weighted by atomic mass is 16.3. The van der Waals surface area contributed by atoms with Crippen molar-refractivity contribution in [3.63, 3.8) is 0 Å². The quantitative estimate of drug-likeness (QED) is 0.886. The number of nitrogens with two attached hydrogens (primary N) is 1. The summed E-state index contributed by atoms with van der Waals surface area (Å²) in [5.74, 6) is 0.814. The Bertz CT molecular complexity index is 710. The Kier molecular flexibility index (Phi) is 4.56. The molecule has 2 aromatic rings. The summed E-state index contributed by atoms with van der Waals surface area (Å²) >= 11 is 0. The van der Waals surface area contributed by atoms with Crippen LogP contribution in [-0.2, 0) is 13.0 Å². The van der Waals surface area contributed by atoms with Crippen molar-refractivity contribution in [2.45, 2.75) is 39.3 Å². The van der Waals surface area contributed by atoms with E-state index in [1.165, 1.54) is 11.1 Å². The molecule has 24 heavy (non-hydrogen) atoms. The lowest BCUT2D eigenvalue weighted by molar-refractivity contribution is 0.186. The van der Waals surface area contributed by atoms with Crippen LogP contribution in [0.4, 0.5) is 5.82 Å². The minimum Gasteiger partial charge on any atom is -0.390 e. The van der Waals surface area contributed by atoms with Gasteiger partial charge in [-0.3, -0.25) is 4.98 Å². The maximum Gasteiger partial charge on any atom is 0.152 e. The third kappa shape index (κ3) is 2.58. The molecule has 1 spiro atoms. The average Bonchev–Trinajstić information content (AvgIpc) is 2.88. The Morgan fingerprint density at radius 1 is 1.17 bits per heavy atom. The van der Waals surface area contributed by atoms with Gasteiger partial charge in [0.1, 0.15) is 5.69 Å². The minimum absolute atomic E-state index is 0. The van der Waals surface area contributed by atoms with E-state index < -0.39 is 0 Å². The Morgan fingerprint density at radius 2 is 1.88 bits per heavy atom. The number of benzene rings is 1. The lowest BCUT2D eigenvalue weighted by Crippen LogP contribution is -2.45. The molecule has 1 fully saturated rings. The number of aromatic nitrogens is 2. The highest BCUT2D eigenvalue weighted by Gasteiger charge is 2.46. The molecule has 1 saturated heterocycles. The average molecular weight is 326 g/mol. The molecule has 1 aliphatic heterocycles. The van der Waals surface area contributed by atoms with Gasteiger partial charge in [0.15, 0.2) is 5.82 Å². The molecule has 3 N–H and O–H groups in total. The van der Waals surface area contributed by atoms with E-state index in [1.807, 2.05) is 0 Å². The molecule has 2 heterocycles. The number of fused-ring (bicyclic) bond motifs is 1. The highest BCUT2D eigenvalue weighted by Crippen LogP contribution is 2.50. The predicted molar refractivity (Wildman–Crippen MR) is 95.6 cm³/mol. The topological polar surface area (TPSA) is 75.3 Å². The molecule has 0 unspecified atom stereocenters. The first kappa shape index (κ1) is 16.9. The maximum atomic E-state index is 9.47. The van der Waals surface area contributed by atoms with E-state index in [4.69, 9.17) is 5.73 Å². The first-order chi connectivity index (χ1) is 11.2. The lowest BCUT2D eigenvalue weighted by Gasteiger charge is -2.42. The van der Waals surface area contributed by atoms with Crippen molar-refractivity contribution < 1.29 is 5.11 Å². The van der Waals surface area contributed by atoms with Crippen LogP contribution in [0.15, 0.2) is 36.7 Å². The highest BCUT2D eigenvalue weighted by molar-refractivity contribution is 5.45. The van der Waals surface area contributed by atoms with Crippen molar-refractivity contribution in [3.05, 3.63) is 53.5 Å². The van der Waals surface area contributed by atoms with Crippen LogP contribution in [0.25, 0.3) is 0 Å². The summed E-state index contributed by atoms with van der Waals surface area (Å²) in [6.45, 7) is 1.75. The van der Waals surface area contributed by atoms with Gasteiger partial charge in [-0.05, 0) is 35.8 Å². The number of nitrogens with zero attached hydrogens (tertiary/aromatic N) is 3. The molecular weight excluding hydrogens is 300 g/mol. The van der Waals surface area contributed by atoms with Crippen LogP contribution in [-0.4, -0.2) is 28.2 Å². The number of aliphatic hydroxyl groups excluding tert-OH is 1. The predicted octanol–water partition coefficient (Wildman–Crippen LogP) is 2.45. The minimum atomic E-state index is -0.0736. The molecular formula is C19H26N4O. The molecule has 2 aliphatic rings. The van der Waals surface area contributed by atoms with E-state index in [0.717, 1.165) is 38.2 Å². The van der Waals surface area contributed by atoms with Gasteiger partial charge in [0.25, 0.3) is 0 Å². The van der Waals surface area contributed by atoms with Crippen LogP contribution in [0.1, 0.15) is 43.1 Å². The van der Waals surface area contributed by atoms with Crippen molar-refractivity contribution in [1.29, 1.82) is 0 Å². The Hall–Kier alpha value is -1.98. The van der Waals surface area contributed by atoms with Crippen LogP contribution >= 0.6 is 0 Å². The molecule has 5 nitrogen and oxygen atoms in total. The molecule has 1 aromatic heterocycles. The number of anilines is 1. The summed E-state index contributed by atoms with van der Waals surface area (Å²) in [4.78, 5) is 10.9. The molecule has 5 heteroatoms. The second-order valence-corrected chi connectivity index (χ2v) is 6.69. The van der Waals surface area contributed by atoms with Crippen LogP contribution in [0.2, 0.25) is 0 Å². The number of hydrogen-bond acceptors (Lipinski definition) is 5. The Morgan fingerprint density at radius 3 is 2.58 bits per heavy atom. The van der Waals surface area contributed by atoms with Gasteiger partial charge in [-0.2, -0.15) is 0 Å². The van der Waals surface area contributed by atoms with E-state index in [-0.39, 0.29) is 25.5 Å². The van der Waals surface area contributed by atoms with Gasteiger partial charge >= 0.3 is 0 Å². The number of aliphatic hydroxyl groups is 1. The summed E-state index contributed by atoms with van der Waals surface area (Å²) in [5.41, 5.74) is 10.2. The molecule has 1 aromatic carbocycles. The van der Waals surface area contributed by atoms with Gasteiger partial charge in [-0.15, -0.1) is 0 Å². The molecule has 1 aliphatic carbocycles. The van der Waals surface area contributed by atoms with Crippen molar-refractivity contribution in [3.8, 4) is 0 Å². The van der Waals surface area contributed by atoms with E-state index in [9.17, 15) is 5.11 Å². The fraction of sp³-hybridized carbons (Fsp3) is 0.474. The Balaban J connectivity index is 0.00000169. The van der Waals surface area contributed by atoms with E-state index in [1.54, 1.807) is 12.4 Å². The number of hydrogen-bond donors (Lipinski definition) is 2. The first-order valence-electron chi connectivity index (χ1n) is 8.23. The van der Waals surface area contributed by atoms with E-state index >= 15 is 0 Å². The number of rotatable bonds is 2. The van der Waals surface area contributed by atoms with E-state index in [2.05, 4.69) is 39.1 Å². The maximum absolute atomic E-state index is 9.47. The first-order valence-corrected chi connectivity index (χ1v) is 8.23. The van der Waals surface area contributed by atoms with Crippen LogP contribution < -0.4 is 10.6 Å². The van der Waals surface area contributed by atoms with Gasteiger partial charge in [0, 0.05) is 31.5 Å². The summed E-state index contributed by atoms with van der Waals surface area (Å²) < 4.78 is 0. The second-order valence-electron chi connectivity index (χ2n) is 6.69. The molecule has 1 atom stereocenters. The normalized spacial score (nSPS) is 21.4. The zero-order valence-corrected chi connectivity index (χ0v) is 13.2. The van der Waals surface area contributed by atoms with Crippen molar-refractivity contribution in [2.24, 2.45) is 11.1 Å². The fourth-order valence-corrected chi connectivity index (χ4v) is 4.20. The number of piperidine rings is 1. The fourth-order valence-electron chi connectivity index (χ4n) is 4.20. The zero-order valence-electron chi connectivity index (χ0n) is 13.2. The smallest absolute Gasteiger partial charge is 0.152 e. The SMILES string of the molecule is C.N[C@@H]1c2ccccc2CC12CCN(c1nccnc1CO)CC2. The van der Waals surface area contributed by atoms with Gasteiger partial charge in [-0.25, -0.2) is 4.98 Å². The summed E-state index contributed by atoms with van der Waals surface area (Å²) in [7, 11) is 0. The second kappa shape index (κ2) is 6.49. The Labute approximate surface area is 143 Å².